The maximum absolute atomic E-state index is 13.7. The quantitative estimate of drug-likeness (QED) is 0.437. The van der Waals surface area contributed by atoms with Crippen LogP contribution in [0.3, 0.4) is 0 Å². The van der Waals surface area contributed by atoms with E-state index in [2.05, 4.69) is 4.98 Å². The molecule has 0 fully saturated rings. The van der Waals surface area contributed by atoms with Gasteiger partial charge < -0.3 is 14.3 Å². The second-order valence-electron chi connectivity index (χ2n) is 7.65. The highest BCUT2D eigenvalue weighted by Crippen LogP contribution is 2.36. The van der Waals surface area contributed by atoms with E-state index in [-0.39, 0.29) is 22.8 Å². The topological polar surface area (TPSA) is 107 Å². The summed E-state index contributed by atoms with van der Waals surface area (Å²) in [6.45, 7) is 2.00. The van der Waals surface area contributed by atoms with Crippen LogP contribution in [0.5, 0.6) is 5.75 Å². The van der Waals surface area contributed by atoms with E-state index in [1.807, 2.05) is 18.2 Å². The highest BCUT2D eigenvalue weighted by Gasteiger charge is 2.55. The molecule has 0 unspecified atom stereocenters. The third-order valence-corrected chi connectivity index (χ3v) is 6.21. The molecular formula is C24H19F2NO6S. The number of carboxylic acids is 1. The van der Waals surface area contributed by atoms with Gasteiger partial charge in [-0.3, -0.25) is 14.4 Å². The van der Waals surface area contributed by atoms with Gasteiger partial charge in [0.15, 0.2) is 0 Å². The first-order chi connectivity index (χ1) is 16.2. The average Bonchev–Trinajstić information content (AvgIpc) is 3.25. The number of ketones is 2. The molecule has 0 amide bonds. The Kier molecular flexibility index (Phi) is 6.52. The summed E-state index contributed by atoms with van der Waals surface area (Å²) in [5.41, 5.74) is 1.23. The maximum Gasteiger partial charge on any atom is 0.371 e. The Hall–Kier alpha value is -3.53. The van der Waals surface area contributed by atoms with Crippen LogP contribution in [0.4, 0.5) is 8.78 Å². The van der Waals surface area contributed by atoms with Gasteiger partial charge >= 0.3 is 11.9 Å². The summed E-state index contributed by atoms with van der Waals surface area (Å²) in [4.78, 5) is 38.7. The van der Waals surface area contributed by atoms with Gasteiger partial charge in [-0.05, 0) is 42.8 Å². The molecule has 4 rings (SSSR count). The molecule has 1 N–H and O–H groups in total. The van der Waals surface area contributed by atoms with Crippen molar-refractivity contribution in [1.29, 1.82) is 0 Å². The summed E-state index contributed by atoms with van der Waals surface area (Å²) in [5, 5.41) is 8.73. The van der Waals surface area contributed by atoms with Gasteiger partial charge in [0.1, 0.15) is 11.5 Å². The molecule has 3 aromatic rings. The molecule has 1 aromatic heterocycles. The fourth-order valence-electron chi connectivity index (χ4n) is 3.53. The number of aromatic nitrogens is 1. The number of fused-ring (bicyclic) bond motifs is 1. The summed E-state index contributed by atoms with van der Waals surface area (Å²) in [7, 11) is 0. The summed E-state index contributed by atoms with van der Waals surface area (Å²) >= 11 is 1.30. The van der Waals surface area contributed by atoms with E-state index >= 15 is 0 Å². The first-order valence-electron chi connectivity index (χ1n) is 10.3. The van der Waals surface area contributed by atoms with E-state index in [4.69, 9.17) is 14.3 Å². The minimum absolute atomic E-state index is 0.0238. The number of Topliss-reactive ketones (excluding diaryl/α,β-unsaturated/α-hetero) is 2. The number of aryl methyl sites for hydroxylation is 1. The zero-order valence-electron chi connectivity index (χ0n) is 18.0. The van der Waals surface area contributed by atoms with Gasteiger partial charge in [0.2, 0.25) is 17.5 Å². The van der Waals surface area contributed by atoms with Crippen molar-refractivity contribution in [2.24, 2.45) is 0 Å². The molecule has 0 bridgehead atoms. The van der Waals surface area contributed by atoms with Crippen molar-refractivity contribution in [2.75, 3.05) is 12.4 Å². The lowest BCUT2D eigenvalue weighted by Gasteiger charge is -2.07. The normalized spacial score (nSPS) is 14.3. The van der Waals surface area contributed by atoms with Gasteiger partial charge in [-0.25, -0.2) is 4.98 Å². The van der Waals surface area contributed by atoms with Crippen molar-refractivity contribution in [3.63, 3.8) is 0 Å². The molecule has 1 aliphatic rings. The van der Waals surface area contributed by atoms with Crippen LogP contribution >= 0.6 is 11.8 Å². The lowest BCUT2D eigenvalue weighted by molar-refractivity contribution is -0.133. The molecule has 1 heterocycles. The van der Waals surface area contributed by atoms with E-state index in [1.165, 1.54) is 30.0 Å². The summed E-state index contributed by atoms with van der Waals surface area (Å²) in [6, 6.07) is 11.2. The fraction of sp³-hybridized carbons (Fsp3) is 0.250. The number of aliphatic carboxylic acids is 1. The van der Waals surface area contributed by atoms with Crippen molar-refractivity contribution in [3.8, 4) is 17.2 Å². The molecule has 0 radical (unpaired) electrons. The predicted octanol–water partition coefficient (Wildman–Crippen LogP) is 4.60. The fourth-order valence-corrected chi connectivity index (χ4v) is 4.23. The number of thioether (sulfide) groups is 1. The van der Waals surface area contributed by atoms with Crippen molar-refractivity contribution >= 4 is 29.3 Å². The molecule has 0 saturated carbocycles. The van der Waals surface area contributed by atoms with Gasteiger partial charge in [0.05, 0.1) is 18.1 Å². The zero-order valence-corrected chi connectivity index (χ0v) is 18.8. The number of carboxylic acid groups (broad SMARTS) is 1. The SMILES string of the molecule is Cc1oc(-c2ccc3c(c2)C(=O)C(F)(F)C3=O)nc1CCOc1cccc(CSCC(=O)O)c1. The number of hydrogen-bond donors (Lipinski definition) is 1. The first-order valence-corrected chi connectivity index (χ1v) is 11.4. The van der Waals surface area contributed by atoms with Gasteiger partial charge in [-0.15, -0.1) is 11.8 Å². The Balaban J connectivity index is 1.41. The number of hydrogen-bond acceptors (Lipinski definition) is 7. The van der Waals surface area contributed by atoms with E-state index in [0.29, 0.717) is 41.5 Å². The van der Waals surface area contributed by atoms with Gasteiger partial charge in [0, 0.05) is 28.9 Å². The predicted molar refractivity (Wildman–Crippen MR) is 120 cm³/mol. The molecule has 0 atom stereocenters. The van der Waals surface area contributed by atoms with Crippen LogP contribution in [0.15, 0.2) is 46.9 Å². The highest BCUT2D eigenvalue weighted by molar-refractivity contribution is 7.99. The van der Waals surface area contributed by atoms with Crippen LogP contribution < -0.4 is 4.74 Å². The summed E-state index contributed by atoms with van der Waals surface area (Å²) in [5.74, 6) is -6.03. The smallest absolute Gasteiger partial charge is 0.371 e. The van der Waals surface area contributed by atoms with Crippen LogP contribution in [-0.4, -0.2) is 45.9 Å². The molecule has 0 saturated heterocycles. The number of halogens is 2. The van der Waals surface area contributed by atoms with E-state index in [9.17, 15) is 23.2 Å². The van der Waals surface area contributed by atoms with Crippen LogP contribution in [0.25, 0.3) is 11.5 Å². The maximum atomic E-state index is 13.7. The standard InChI is InChI=1S/C24H19F2NO6S/c1-13-19(7-8-32-16-4-2-3-14(9-16)11-34-12-20(28)29)27-23(33-13)15-5-6-17-18(10-15)22(31)24(25,26)21(17)30/h2-6,9-10H,7-8,11-12H2,1H3,(H,28,29). The minimum Gasteiger partial charge on any atom is -0.493 e. The number of nitrogens with zero attached hydrogens (tertiary/aromatic N) is 1. The summed E-state index contributed by atoms with van der Waals surface area (Å²) in [6.07, 6.45) is 0.410. The highest BCUT2D eigenvalue weighted by atomic mass is 32.2. The van der Waals surface area contributed by atoms with Crippen LogP contribution in [0.2, 0.25) is 0 Å². The Labute approximate surface area is 197 Å². The number of ether oxygens (including phenoxy) is 1. The summed E-state index contributed by atoms with van der Waals surface area (Å²) < 4.78 is 38.9. The Morgan fingerprint density at radius 3 is 2.68 bits per heavy atom. The van der Waals surface area contributed by atoms with E-state index < -0.39 is 23.5 Å². The Morgan fingerprint density at radius 1 is 1.15 bits per heavy atom. The van der Waals surface area contributed by atoms with E-state index in [0.717, 1.165) is 5.56 Å². The number of carbonyl (C=O) groups is 3. The van der Waals surface area contributed by atoms with Crippen molar-refractivity contribution in [1.82, 2.24) is 4.98 Å². The second-order valence-corrected chi connectivity index (χ2v) is 8.63. The van der Waals surface area contributed by atoms with Crippen LogP contribution in [0.1, 0.15) is 37.7 Å². The number of alkyl halides is 2. The van der Waals surface area contributed by atoms with Gasteiger partial charge in [-0.1, -0.05) is 12.1 Å². The first kappa shape index (κ1) is 23.6. The number of carbonyl (C=O) groups excluding carboxylic acids is 2. The zero-order chi connectivity index (χ0) is 24.5. The molecular weight excluding hydrogens is 468 g/mol. The molecule has 0 aliphatic heterocycles. The van der Waals surface area contributed by atoms with Crippen molar-refractivity contribution < 1.29 is 37.4 Å². The van der Waals surface area contributed by atoms with Crippen molar-refractivity contribution in [3.05, 3.63) is 70.6 Å². The number of benzene rings is 2. The Bertz CT molecular complexity index is 1290. The molecule has 7 nitrogen and oxygen atoms in total. The van der Waals surface area contributed by atoms with Crippen LogP contribution in [0, 0.1) is 6.92 Å². The second kappa shape index (κ2) is 9.38. The number of rotatable bonds is 9. The lowest BCUT2D eigenvalue weighted by atomic mass is 10.1. The third kappa shape index (κ3) is 4.72. The molecule has 176 valence electrons. The van der Waals surface area contributed by atoms with E-state index in [1.54, 1.807) is 13.0 Å². The Morgan fingerprint density at radius 2 is 1.91 bits per heavy atom. The minimum atomic E-state index is -4.04. The van der Waals surface area contributed by atoms with Gasteiger partial charge in [-0.2, -0.15) is 8.78 Å². The largest absolute Gasteiger partial charge is 0.493 e. The number of oxazole rings is 1. The lowest BCUT2D eigenvalue weighted by Crippen LogP contribution is -2.30. The molecule has 1 aliphatic carbocycles. The molecule has 2 aromatic carbocycles. The third-order valence-electron chi connectivity index (χ3n) is 5.22. The average molecular weight is 487 g/mol. The van der Waals surface area contributed by atoms with Crippen LogP contribution in [-0.2, 0) is 17.0 Å². The van der Waals surface area contributed by atoms with Gasteiger partial charge in [0.25, 0.3) is 0 Å². The monoisotopic (exact) mass is 487 g/mol. The van der Waals surface area contributed by atoms with Crippen molar-refractivity contribution in [2.45, 2.75) is 25.0 Å². The molecule has 10 heteroatoms. The molecule has 0 spiro atoms. The molecule has 34 heavy (non-hydrogen) atoms.